The zero-order valence-corrected chi connectivity index (χ0v) is 13.8. The van der Waals surface area contributed by atoms with E-state index in [0.29, 0.717) is 17.0 Å². The van der Waals surface area contributed by atoms with E-state index in [0.717, 1.165) is 5.56 Å². The Morgan fingerprint density at radius 2 is 1.60 bits per heavy atom. The Morgan fingerprint density at radius 3 is 2.12 bits per heavy atom. The van der Waals surface area contributed by atoms with Crippen molar-refractivity contribution < 1.29 is 14.3 Å². The van der Waals surface area contributed by atoms with Crippen molar-refractivity contribution in [2.24, 2.45) is 22.2 Å². The fourth-order valence-corrected chi connectivity index (χ4v) is 2.27. The fourth-order valence-electron chi connectivity index (χ4n) is 2.27. The van der Waals surface area contributed by atoms with Gasteiger partial charge < -0.3 is 21.9 Å². The van der Waals surface area contributed by atoms with E-state index in [1.807, 2.05) is 6.92 Å². The number of amides is 1. The molecule has 7 heteroatoms. The average Bonchev–Trinajstić information content (AvgIpc) is 2.55. The molecule has 0 aliphatic heterocycles. The maximum atomic E-state index is 12.1. The van der Waals surface area contributed by atoms with Crippen molar-refractivity contribution in [2.45, 2.75) is 19.3 Å². The summed E-state index contributed by atoms with van der Waals surface area (Å²) < 4.78 is 5.32. The standard InChI is InChI=1S/C18H20N4O3/c1-11(10-16(19)23)12-4-8-15(9-5-12)25-17(24)13-2-6-14(7-3-13)22-18(20)21/h2-9,11H,10H2,1H3,(H2,19,23)(H4,20,21,22). The van der Waals surface area contributed by atoms with Gasteiger partial charge in [-0.1, -0.05) is 19.1 Å². The van der Waals surface area contributed by atoms with Crippen LogP contribution in [-0.4, -0.2) is 17.8 Å². The summed E-state index contributed by atoms with van der Waals surface area (Å²) in [6, 6.07) is 13.4. The molecule has 1 amide bonds. The smallest absolute Gasteiger partial charge is 0.343 e. The molecule has 25 heavy (non-hydrogen) atoms. The van der Waals surface area contributed by atoms with E-state index in [1.165, 1.54) is 0 Å². The average molecular weight is 340 g/mol. The van der Waals surface area contributed by atoms with Gasteiger partial charge in [-0.2, -0.15) is 0 Å². The lowest BCUT2D eigenvalue weighted by Crippen LogP contribution is -2.21. The Kier molecular flexibility index (Phi) is 5.73. The van der Waals surface area contributed by atoms with Gasteiger partial charge in [-0.05, 0) is 47.9 Å². The zero-order chi connectivity index (χ0) is 18.4. The van der Waals surface area contributed by atoms with E-state index >= 15 is 0 Å². The highest BCUT2D eigenvalue weighted by atomic mass is 16.5. The molecule has 1 atom stereocenters. The lowest BCUT2D eigenvalue weighted by Gasteiger charge is -2.10. The Bertz CT molecular complexity index is 779. The first-order valence-electron chi connectivity index (χ1n) is 7.65. The molecule has 6 N–H and O–H groups in total. The molecule has 0 aliphatic carbocycles. The Morgan fingerprint density at radius 1 is 1.00 bits per heavy atom. The molecule has 0 radical (unpaired) electrons. The van der Waals surface area contributed by atoms with Crippen LogP contribution in [0.3, 0.4) is 0 Å². The lowest BCUT2D eigenvalue weighted by atomic mass is 9.97. The number of guanidine groups is 1. The highest BCUT2D eigenvalue weighted by Gasteiger charge is 2.11. The van der Waals surface area contributed by atoms with Gasteiger partial charge in [0.25, 0.3) is 0 Å². The first-order chi connectivity index (χ1) is 11.8. The van der Waals surface area contributed by atoms with Gasteiger partial charge >= 0.3 is 5.97 Å². The normalized spacial score (nSPS) is 11.4. The molecule has 2 aromatic rings. The van der Waals surface area contributed by atoms with Gasteiger partial charge in [0, 0.05) is 6.42 Å². The summed E-state index contributed by atoms with van der Waals surface area (Å²) in [5.74, 6) is -0.485. The van der Waals surface area contributed by atoms with Gasteiger partial charge in [0.15, 0.2) is 5.96 Å². The van der Waals surface area contributed by atoms with Crippen LogP contribution in [0.15, 0.2) is 53.5 Å². The number of ether oxygens (including phenoxy) is 1. The summed E-state index contributed by atoms with van der Waals surface area (Å²) in [5.41, 5.74) is 17.7. The maximum Gasteiger partial charge on any atom is 0.343 e. The molecule has 0 fully saturated rings. The van der Waals surface area contributed by atoms with E-state index in [4.69, 9.17) is 21.9 Å². The number of aliphatic imine (C=N–C) groups is 1. The summed E-state index contributed by atoms with van der Waals surface area (Å²) in [7, 11) is 0. The second kappa shape index (κ2) is 7.96. The highest BCUT2D eigenvalue weighted by Crippen LogP contribution is 2.22. The summed E-state index contributed by atoms with van der Waals surface area (Å²) in [4.78, 5) is 27.0. The van der Waals surface area contributed by atoms with Gasteiger partial charge in [-0.3, -0.25) is 4.79 Å². The van der Waals surface area contributed by atoms with E-state index in [2.05, 4.69) is 4.99 Å². The van der Waals surface area contributed by atoms with Crippen molar-refractivity contribution in [3.63, 3.8) is 0 Å². The number of esters is 1. The van der Waals surface area contributed by atoms with Crippen LogP contribution in [0.4, 0.5) is 5.69 Å². The van der Waals surface area contributed by atoms with Crippen molar-refractivity contribution in [3.05, 3.63) is 59.7 Å². The summed E-state index contributed by atoms with van der Waals surface area (Å²) >= 11 is 0. The number of nitrogens with two attached hydrogens (primary N) is 3. The molecule has 1 unspecified atom stereocenters. The summed E-state index contributed by atoms with van der Waals surface area (Å²) in [6.45, 7) is 1.91. The van der Waals surface area contributed by atoms with Gasteiger partial charge in [0.05, 0.1) is 11.3 Å². The molecule has 0 heterocycles. The predicted octanol–water partition coefficient (Wildman–Crippen LogP) is 1.79. The lowest BCUT2D eigenvalue weighted by molar-refractivity contribution is -0.118. The first kappa shape index (κ1) is 18.0. The van der Waals surface area contributed by atoms with Gasteiger partial charge in [-0.15, -0.1) is 0 Å². The molecule has 2 aromatic carbocycles. The van der Waals surface area contributed by atoms with Crippen LogP contribution in [0.2, 0.25) is 0 Å². The van der Waals surface area contributed by atoms with Gasteiger partial charge in [-0.25, -0.2) is 9.79 Å². The molecule has 0 aliphatic rings. The number of primary amides is 1. The number of benzene rings is 2. The third-order valence-electron chi connectivity index (χ3n) is 3.53. The molecule has 130 valence electrons. The SMILES string of the molecule is CC(CC(N)=O)c1ccc(OC(=O)c2ccc(N=C(N)N)cc2)cc1. The van der Waals surface area contributed by atoms with Crippen molar-refractivity contribution in [1.82, 2.24) is 0 Å². The Balaban J connectivity index is 2.03. The zero-order valence-electron chi connectivity index (χ0n) is 13.8. The third-order valence-corrected chi connectivity index (χ3v) is 3.53. The van der Waals surface area contributed by atoms with E-state index in [9.17, 15) is 9.59 Å². The van der Waals surface area contributed by atoms with Crippen molar-refractivity contribution in [2.75, 3.05) is 0 Å². The van der Waals surface area contributed by atoms with Crippen molar-refractivity contribution >= 4 is 23.5 Å². The van der Waals surface area contributed by atoms with Gasteiger partial charge in [0.2, 0.25) is 5.91 Å². The fraction of sp³-hybridized carbons (Fsp3) is 0.167. The number of carbonyl (C=O) groups excluding carboxylic acids is 2. The molecule has 2 rings (SSSR count). The van der Waals surface area contributed by atoms with Crippen molar-refractivity contribution in [1.29, 1.82) is 0 Å². The van der Waals surface area contributed by atoms with Crippen LogP contribution in [-0.2, 0) is 4.79 Å². The second-order valence-corrected chi connectivity index (χ2v) is 5.61. The molecule has 0 bridgehead atoms. The number of rotatable bonds is 6. The quantitative estimate of drug-likeness (QED) is 0.319. The second-order valence-electron chi connectivity index (χ2n) is 5.61. The maximum absolute atomic E-state index is 12.1. The third kappa shape index (κ3) is 5.35. The van der Waals surface area contributed by atoms with Crippen molar-refractivity contribution in [3.8, 4) is 5.75 Å². The molecule has 0 aromatic heterocycles. The van der Waals surface area contributed by atoms with Crippen LogP contribution in [0, 0.1) is 0 Å². The topological polar surface area (TPSA) is 134 Å². The van der Waals surface area contributed by atoms with E-state index in [-0.39, 0.29) is 24.2 Å². The van der Waals surface area contributed by atoms with Crippen LogP contribution in [0.25, 0.3) is 0 Å². The number of carbonyl (C=O) groups is 2. The molecular formula is C18H20N4O3. The van der Waals surface area contributed by atoms with Crippen LogP contribution in [0.5, 0.6) is 5.75 Å². The minimum absolute atomic E-state index is 0.00494. The van der Waals surface area contributed by atoms with Crippen LogP contribution < -0.4 is 21.9 Å². The summed E-state index contributed by atoms with van der Waals surface area (Å²) in [6.07, 6.45) is 0.265. The predicted molar refractivity (Wildman–Crippen MR) is 95.5 cm³/mol. The molecular weight excluding hydrogens is 320 g/mol. The minimum Gasteiger partial charge on any atom is -0.423 e. The Labute approximate surface area is 145 Å². The summed E-state index contributed by atoms with van der Waals surface area (Å²) in [5, 5.41) is 0. The molecule has 7 nitrogen and oxygen atoms in total. The van der Waals surface area contributed by atoms with Crippen LogP contribution >= 0.6 is 0 Å². The molecule has 0 saturated heterocycles. The number of hydrogen-bond acceptors (Lipinski definition) is 4. The van der Waals surface area contributed by atoms with E-state index < -0.39 is 5.97 Å². The van der Waals surface area contributed by atoms with E-state index in [1.54, 1.807) is 48.5 Å². The van der Waals surface area contributed by atoms with Crippen LogP contribution in [0.1, 0.15) is 35.2 Å². The molecule has 0 spiro atoms. The Hall–Kier alpha value is -3.35. The molecule has 0 saturated carbocycles. The van der Waals surface area contributed by atoms with Gasteiger partial charge in [0.1, 0.15) is 5.75 Å². The number of nitrogens with zero attached hydrogens (tertiary/aromatic N) is 1. The highest BCUT2D eigenvalue weighted by molar-refractivity contribution is 5.91. The monoisotopic (exact) mass is 340 g/mol. The first-order valence-corrected chi connectivity index (χ1v) is 7.65. The minimum atomic E-state index is -0.491. The largest absolute Gasteiger partial charge is 0.423 e. The number of hydrogen-bond donors (Lipinski definition) is 3.